The number of ether oxygens (including phenoxy) is 2. The maximum atomic E-state index is 12.9. The molecule has 7 heteroatoms. The Morgan fingerprint density at radius 2 is 1.78 bits per heavy atom. The van der Waals surface area contributed by atoms with Gasteiger partial charge in [0, 0.05) is 22.6 Å². The molecular formula is C25H18O6S. The summed E-state index contributed by atoms with van der Waals surface area (Å²) >= 11 is 0.955. The van der Waals surface area contributed by atoms with E-state index in [0.29, 0.717) is 39.3 Å². The van der Waals surface area contributed by atoms with E-state index in [2.05, 4.69) is 0 Å². The molecule has 2 heterocycles. The summed E-state index contributed by atoms with van der Waals surface area (Å²) in [5, 5.41) is 0.859. The number of carbonyl (C=O) groups is 1. The number of esters is 1. The molecule has 0 saturated carbocycles. The van der Waals surface area contributed by atoms with E-state index in [4.69, 9.17) is 18.3 Å². The van der Waals surface area contributed by atoms with Crippen LogP contribution in [0.25, 0.3) is 32.4 Å². The molecule has 3 aromatic carbocycles. The quantitative estimate of drug-likeness (QED) is 0.236. The van der Waals surface area contributed by atoms with Crippen LogP contribution in [-0.2, 0) is 0 Å². The zero-order valence-electron chi connectivity index (χ0n) is 17.3. The summed E-state index contributed by atoms with van der Waals surface area (Å²) in [6, 6.07) is 18.1. The zero-order chi connectivity index (χ0) is 22.2. The maximum Gasteiger partial charge on any atom is 0.396 e. The third-order valence-corrected chi connectivity index (χ3v) is 5.90. The standard InChI is InChI=1S/C25H18O6S/c1-3-28-16-10-8-15(9-11-16)19-12-17(13-21-23(19)31-25(27)32-21)29-24(26)22-14(2)18-6-4-5-7-20(18)30-22/h4-13H,3H2,1-2H3. The van der Waals surface area contributed by atoms with Gasteiger partial charge in [0.2, 0.25) is 5.76 Å². The highest BCUT2D eigenvalue weighted by Crippen LogP contribution is 2.36. The first-order chi connectivity index (χ1) is 15.5. The highest BCUT2D eigenvalue weighted by Gasteiger charge is 2.21. The zero-order valence-corrected chi connectivity index (χ0v) is 18.2. The second kappa shape index (κ2) is 8.01. The summed E-state index contributed by atoms with van der Waals surface area (Å²) in [4.78, 5) is 24.4. The number of rotatable bonds is 5. The molecule has 160 valence electrons. The second-order valence-corrected chi connectivity index (χ2v) is 8.13. The molecule has 0 fully saturated rings. The minimum absolute atomic E-state index is 0.147. The molecule has 0 N–H and O–H groups in total. The van der Waals surface area contributed by atoms with Crippen molar-refractivity contribution < 1.29 is 23.1 Å². The third-order valence-electron chi connectivity index (χ3n) is 5.12. The molecule has 0 aliphatic carbocycles. The van der Waals surface area contributed by atoms with Crippen molar-refractivity contribution in [2.45, 2.75) is 13.8 Å². The van der Waals surface area contributed by atoms with Crippen LogP contribution >= 0.6 is 11.3 Å². The SMILES string of the molecule is CCOc1ccc(-c2cc(OC(=O)c3oc4ccccc4c3C)cc3sc(=O)oc23)cc1. The number of carbonyl (C=O) groups excluding carboxylic acids is 1. The van der Waals surface area contributed by atoms with Crippen molar-refractivity contribution in [2.24, 2.45) is 0 Å². The van der Waals surface area contributed by atoms with Crippen molar-refractivity contribution in [1.82, 2.24) is 0 Å². The molecule has 5 aromatic rings. The first-order valence-corrected chi connectivity index (χ1v) is 10.9. The smallest absolute Gasteiger partial charge is 0.396 e. The average Bonchev–Trinajstić information content (AvgIpc) is 3.33. The van der Waals surface area contributed by atoms with Gasteiger partial charge < -0.3 is 18.3 Å². The number of benzene rings is 3. The van der Waals surface area contributed by atoms with Gasteiger partial charge in [0.15, 0.2) is 5.58 Å². The van der Waals surface area contributed by atoms with Crippen molar-refractivity contribution in [1.29, 1.82) is 0 Å². The highest BCUT2D eigenvalue weighted by molar-refractivity contribution is 7.16. The number of aryl methyl sites for hydroxylation is 1. The van der Waals surface area contributed by atoms with E-state index in [1.165, 1.54) is 0 Å². The van der Waals surface area contributed by atoms with E-state index < -0.39 is 10.9 Å². The summed E-state index contributed by atoms with van der Waals surface area (Å²) in [6.45, 7) is 4.30. The Hall–Kier alpha value is -3.84. The fourth-order valence-corrected chi connectivity index (χ4v) is 4.37. The van der Waals surface area contributed by atoms with E-state index in [0.717, 1.165) is 28.0 Å². The van der Waals surface area contributed by atoms with E-state index in [1.54, 1.807) is 18.2 Å². The van der Waals surface area contributed by atoms with Crippen LogP contribution in [0.5, 0.6) is 11.5 Å². The molecule has 0 saturated heterocycles. The lowest BCUT2D eigenvalue weighted by molar-refractivity contribution is 0.0703. The number of hydrogen-bond acceptors (Lipinski definition) is 7. The summed E-state index contributed by atoms with van der Waals surface area (Å²) in [7, 11) is 0. The minimum atomic E-state index is -0.605. The molecule has 0 unspecified atom stereocenters. The van der Waals surface area contributed by atoms with Gasteiger partial charge in [-0.3, -0.25) is 0 Å². The van der Waals surface area contributed by atoms with Crippen molar-refractivity contribution >= 4 is 38.6 Å². The van der Waals surface area contributed by atoms with E-state index in [9.17, 15) is 9.59 Å². The second-order valence-electron chi connectivity index (χ2n) is 7.15. The molecule has 0 aliphatic rings. The molecule has 0 aliphatic heterocycles. The number of furan rings is 1. The molecule has 32 heavy (non-hydrogen) atoms. The molecule has 0 bridgehead atoms. The van der Waals surface area contributed by atoms with Gasteiger partial charge in [-0.2, -0.15) is 0 Å². The Balaban J connectivity index is 1.55. The van der Waals surface area contributed by atoms with Gasteiger partial charge in [0.25, 0.3) is 0 Å². The van der Waals surface area contributed by atoms with Gasteiger partial charge in [-0.1, -0.05) is 41.7 Å². The van der Waals surface area contributed by atoms with E-state index in [-0.39, 0.29) is 5.76 Å². The van der Waals surface area contributed by atoms with Crippen LogP contribution < -0.4 is 14.4 Å². The fourth-order valence-electron chi connectivity index (χ4n) is 3.65. The van der Waals surface area contributed by atoms with Gasteiger partial charge in [-0.15, -0.1) is 0 Å². The molecular weight excluding hydrogens is 428 g/mol. The van der Waals surface area contributed by atoms with Gasteiger partial charge in [-0.25, -0.2) is 9.59 Å². The number of para-hydroxylation sites is 1. The Kier molecular flexibility index (Phi) is 5.03. The lowest BCUT2D eigenvalue weighted by atomic mass is 10.0. The van der Waals surface area contributed by atoms with Crippen LogP contribution in [-0.4, -0.2) is 12.6 Å². The van der Waals surface area contributed by atoms with Gasteiger partial charge in [0.1, 0.15) is 17.1 Å². The van der Waals surface area contributed by atoms with Crippen molar-refractivity contribution in [3.05, 3.63) is 81.7 Å². The largest absolute Gasteiger partial charge is 0.494 e. The predicted molar refractivity (Wildman–Crippen MR) is 123 cm³/mol. The molecule has 0 atom stereocenters. The van der Waals surface area contributed by atoms with Crippen LogP contribution in [0.3, 0.4) is 0 Å². The Labute approximate surface area is 186 Å². The lowest BCUT2D eigenvalue weighted by Gasteiger charge is -2.08. The molecule has 0 amide bonds. The van der Waals surface area contributed by atoms with Crippen molar-refractivity contribution in [3.63, 3.8) is 0 Å². The molecule has 6 nitrogen and oxygen atoms in total. The summed E-state index contributed by atoms with van der Waals surface area (Å²) < 4.78 is 22.9. The predicted octanol–water partition coefficient (Wildman–Crippen LogP) is 6.19. The van der Waals surface area contributed by atoms with E-state index in [1.807, 2.05) is 56.3 Å². The third kappa shape index (κ3) is 3.56. The fraction of sp³-hybridized carbons (Fsp3) is 0.120. The molecule has 0 radical (unpaired) electrons. The first-order valence-electron chi connectivity index (χ1n) is 10.0. The average molecular weight is 446 g/mol. The van der Waals surface area contributed by atoms with Gasteiger partial charge in [0.05, 0.1) is 11.3 Å². The van der Waals surface area contributed by atoms with Crippen LogP contribution in [0, 0.1) is 6.92 Å². The molecule has 2 aromatic heterocycles. The highest BCUT2D eigenvalue weighted by atomic mass is 32.1. The van der Waals surface area contributed by atoms with Gasteiger partial charge in [-0.05, 0) is 43.7 Å². The normalized spacial score (nSPS) is 11.2. The Bertz CT molecular complexity index is 1500. The van der Waals surface area contributed by atoms with E-state index >= 15 is 0 Å². The molecule has 5 rings (SSSR count). The van der Waals surface area contributed by atoms with Crippen LogP contribution in [0.2, 0.25) is 0 Å². The topological polar surface area (TPSA) is 78.9 Å². The van der Waals surface area contributed by atoms with Crippen LogP contribution in [0.1, 0.15) is 23.0 Å². The Morgan fingerprint density at radius 3 is 2.53 bits per heavy atom. The van der Waals surface area contributed by atoms with Crippen LogP contribution in [0.4, 0.5) is 0 Å². The lowest BCUT2D eigenvalue weighted by Crippen LogP contribution is -2.08. The monoisotopic (exact) mass is 446 g/mol. The molecule has 0 spiro atoms. The van der Waals surface area contributed by atoms with Crippen LogP contribution in [0.15, 0.2) is 74.3 Å². The number of hydrogen-bond donors (Lipinski definition) is 0. The minimum Gasteiger partial charge on any atom is -0.494 e. The van der Waals surface area contributed by atoms with Crippen molar-refractivity contribution in [2.75, 3.05) is 6.61 Å². The number of fused-ring (bicyclic) bond motifs is 2. The van der Waals surface area contributed by atoms with Gasteiger partial charge >= 0.3 is 10.9 Å². The summed E-state index contributed by atoms with van der Waals surface area (Å²) in [5.74, 6) is 0.575. The summed E-state index contributed by atoms with van der Waals surface area (Å²) in [5.41, 5.74) is 3.23. The Morgan fingerprint density at radius 1 is 1.00 bits per heavy atom. The maximum absolute atomic E-state index is 12.9. The summed E-state index contributed by atoms with van der Waals surface area (Å²) in [6.07, 6.45) is 0. The van der Waals surface area contributed by atoms with Crippen molar-refractivity contribution in [3.8, 4) is 22.6 Å². The first kappa shape index (κ1) is 20.1.